The highest BCUT2D eigenvalue weighted by Crippen LogP contribution is 2.51. The fraction of sp³-hybridized carbons (Fsp3) is 0.474. The van der Waals surface area contributed by atoms with Crippen molar-refractivity contribution in [1.82, 2.24) is 24.6 Å². The lowest BCUT2D eigenvalue weighted by Gasteiger charge is -2.34. The fourth-order valence-corrected chi connectivity index (χ4v) is 4.24. The minimum Gasteiger partial charge on any atom is -0.332 e. The summed E-state index contributed by atoms with van der Waals surface area (Å²) in [6.07, 6.45) is 9.17. The molecule has 3 atom stereocenters. The topological polar surface area (TPSA) is 75.9 Å². The molecule has 1 saturated carbocycles. The van der Waals surface area contributed by atoms with Gasteiger partial charge in [0.05, 0.1) is 23.6 Å². The van der Waals surface area contributed by atoms with Crippen LogP contribution in [-0.2, 0) is 11.8 Å². The van der Waals surface area contributed by atoms with Crippen molar-refractivity contribution < 1.29 is 13.6 Å². The van der Waals surface area contributed by atoms with Crippen LogP contribution in [0, 0.1) is 5.92 Å². The van der Waals surface area contributed by atoms with E-state index in [2.05, 4.69) is 20.4 Å². The second kappa shape index (κ2) is 6.08. The molecule has 28 heavy (non-hydrogen) atoms. The average molecular weight is 386 g/mol. The lowest BCUT2D eigenvalue weighted by atomic mass is 9.98. The predicted octanol–water partition coefficient (Wildman–Crippen LogP) is 2.76. The van der Waals surface area contributed by atoms with Crippen LogP contribution >= 0.6 is 0 Å². The zero-order valence-corrected chi connectivity index (χ0v) is 15.3. The van der Waals surface area contributed by atoms with Crippen LogP contribution in [0.4, 0.5) is 20.4 Å². The Labute approximate surface area is 160 Å². The molecule has 2 fully saturated rings. The first-order chi connectivity index (χ1) is 13.4. The number of hydrogen-bond acceptors (Lipinski definition) is 5. The van der Waals surface area contributed by atoms with E-state index >= 15 is 0 Å². The molecule has 0 spiro atoms. The third-order valence-electron chi connectivity index (χ3n) is 5.72. The zero-order valence-electron chi connectivity index (χ0n) is 15.3. The average Bonchev–Trinajstić information content (AvgIpc) is 2.96. The lowest BCUT2D eigenvalue weighted by Crippen LogP contribution is -2.44. The third-order valence-corrected chi connectivity index (χ3v) is 5.72. The molecule has 1 amide bonds. The van der Waals surface area contributed by atoms with E-state index < -0.39 is 17.7 Å². The van der Waals surface area contributed by atoms with E-state index in [1.54, 1.807) is 22.0 Å². The summed E-state index contributed by atoms with van der Waals surface area (Å²) in [7, 11) is 1.83. The molecule has 0 radical (unpaired) electrons. The highest BCUT2D eigenvalue weighted by atomic mass is 19.3. The van der Waals surface area contributed by atoms with Gasteiger partial charge in [-0.3, -0.25) is 9.48 Å². The van der Waals surface area contributed by atoms with Crippen LogP contribution in [0.25, 0.3) is 5.57 Å². The molecule has 0 aromatic carbocycles. The van der Waals surface area contributed by atoms with Crippen LogP contribution < -0.4 is 5.32 Å². The number of hydrogen-bond donors (Lipinski definition) is 1. The fourth-order valence-electron chi connectivity index (χ4n) is 4.24. The third kappa shape index (κ3) is 2.94. The van der Waals surface area contributed by atoms with Gasteiger partial charge < -0.3 is 10.2 Å². The van der Waals surface area contributed by atoms with Crippen LogP contribution in [0.1, 0.15) is 31.4 Å². The minimum atomic E-state index is -2.82. The van der Waals surface area contributed by atoms with Crippen LogP contribution in [0.2, 0.25) is 0 Å². The largest absolute Gasteiger partial charge is 0.332 e. The Balaban J connectivity index is 1.36. The number of carbonyl (C=O) groups is 1. The second-order valence-electron chi connectivity index (χ2n) is 7.75. The molecule has 1 saturated heterocycles. The predicted molar refractivity (Wildman–Crippen MR) is 97.8 cm³/mol. The van der Waals surface area contributed by atoms with E-state index in [0.717, 1.165) is 29.8 Å². The molecule has 2 bridgehead atoms. The molecular weight excluding hydrogens is 366 g/mol. The molecular formula is C19H20F2N6O. The van der Waals surface area contributed by atoms with Gasteiger partial charge in [0.1, 0.15) is 5.92 Å². The van der Waals surface area contributed by atoms with Crippen molar-refractivity contribution in [2.75, 3.05) is 5.32 Å². The Morgan fingerprint density at radius 2 is 2.18 bits per heavy atom. The lowest BCUT2D eigenvalue weighted by molar-refractivity contribution is -0.137. The quantitative estimate of drug-likeness (QED) is 0.875. The summed E-state index contributed by atoms with van der Waals surface area (Å²) in [5.41, 5.74) is 2.62. The van der Waals surface area contributed by atoms with Gasteiger partial charge in [-0.15, -0.1) is 0 Å². The molecule has 5 rings (SSSR count). The molecule has 1 aliphatic carbocycles. The van der Waals surface area contributed by atoms with Gasteiger partial charge in [0.25, 0.3) is 5.92 Å². The van der Waals surface area contributed by atoms with Crippen molar-refractivity contribution in [3.63, 3.8) is 0 Å². The van der Waals surface area contributed by atoms with Crippen LogP contribution in [-0.4, -0.2) is 48.6 Å². The molecule has 7 nitrogen and oxygen atoms in total. The first kappa shape index (κ1) is 17.3. The van der Waals surface area contributed by atoms with Crippen molar-refractivity contribution in [3.05, 3.63) is 36.4 Å². The summed E-state index contributed by atoms with van der Waals surface area (Å²) < 4.78 is 28.4. The molecule has 4 heterocycles. The minimum absolute atomic E-state index is 0.0291. The van der Waals surface area contributed by atoms with E-state index in [-0.39, 0.29) is 18.5 Å². The van der Waals surface area contributed by atoms with Crippen molar-refractivity contribution in [1.29, 1.82) is 0 Å². The number of nitrogens with one attached hydrogen (secondary N) is 1. The van der Waals surface area contributed by atoms with Crippen molar-refractivity contribution in [2.24, 2.45) is 13.0 Å². The number of nitrogens with zero attached hydrogens (tertiary/aromatic N) is 5. The maximum absolute atomic E-state index is 13.4. The summed E-state index contributed by atoms with van der Waals surface area (Å²) in [5, 5.41) is 7.22. The molecule has 3 aliphatic rings. The molecule has 2 aromatic heterocycles. The monoisotopic (exact) mass is 386 g/mol. The number of anilines is 2. The van der Waals surface area contributed by atoms with Crippen LogP contribution in [0.3, 0.4) is 0 Å². The van der Waals surface area contributed by atoms with Crippen molar-refractivity contribution in [2.45, 2.75) is 43.7 Å². The van der Waals surface area contributed by atoms with Crippen LogP contribution in [0.5, 0.6) is 0 Å². The Morgan fingerprint density at radius 3 is 2.86 bits per heavy atom. The van der Waals surface area contributed by atoms with E-state index in [1.165, 1.54) is 0 Å². The van der Waals surface area contributed by atoms with E-state index in [9.17, 15) is 13.6 Å². The highest BCUT2D eigenvalue weighted by molar-refractivity contribution is 5.85. The maximum atomic E-state index is 13.4. The molecule has 2 aliphatic heterocycles. The summed E-state index contributed by atoms with van der Waals surface area (Å²) >= 11 is 0. The Morgan fingerprint density at radius 1 is 1.36 bits per heavy atom. The number of amides is 1. The van der Waals surface area contributed by atoms with Crippen LogP contribution in [0.15, 0.2) is 30.7 Å². The first-order valence-electron chi connectivity index (χ1n) is 9.40. The van der Waals surface area contributed by atoms with Gasteiger partial charge in [0.15, 0.2) is 0 Å². The smallest absolute Gasteiger partial charge is 0.260 e. The van der Waals surface area contributed by atoms with Gasteiger partial charge in [-0.2, -0.15) is 5.10 Å². The summed E-state index contributed by atoms with van der Waals surface area (Å²) in [5.74, 6) is -3.87. The molecule has 2 unspecified atom stereocenters. The van der Waals surface area contributed by atoms with Crippen molar-refractivity contribution in [3.8, 4) is 0 Å². The summed E-state index contributed by atoms with van der Waals surface area (Å²) in [4.78, 5) is 23.0. The Bertz CT molecular complexity index is 971. The number of aromatic nitrogens is 4. The molecule has 146 valence electrons. The molecule has 9 heteroatoms. The molecule has 2 aromatic rings. The Hall–Kier alpha value is -2.84. The van der Waals surface area contributed by atoms with Gasteiger partial charge in [-0.05, 0) is 30.9 Å². The number of fused-ring (bicyclic) bond motifs is 2. The Kier molecular flexibility index (Phi) is 3.75. The number of alkyl halides is 2. The van der Waals surface area contributed by atoms with Gasteiger partial charge in [0.2, 0.25) is 11.9 Å². The standard InChI is InChI=1S/C19H20F2N6O/c1-26-10-12(9-23-26)24-18-22-5-4-16(25-18)11-6-13-2-3-14(7-11)27(13)17(28)15-8-19(15,20)21/h4-6,9-10,13-15H,2-3,7-8H2,1H3,(H,22,24,25)/t13?,14?,15-/m0/s1. The van der Waals surface area contributed by atoms with E-state index in [0.29, 0.717) is 12.4 Å². The normalized spacial score (nSPS) is 27.5. The van der Waals surface area contributed by atoms with Gasteiger partial charge in [0, 0.05) is 31.9 Å². The zero-order chi connectivity index (χ0) is 19.5. The SMILES string of the molecule is Cn1cc(Nc2nccc(C3=CC4CCC(C3)N4C(=O)[C@@H]3CC3(F)F)n2)cn1. The van der Waals surface area contributed by atoms with Gasteiger partial charge in [-0.25, -0.2) is 18.7 Å². The maximum Gasteiger partial charge on any atom is 0.260 e. The number of halogens is 2. The highest BCUT2D eigenvalue weighted by Gasteiger charge is 2.63. The van der Waals surface area contributed by atoms with Crippen molar-refractivity contribution >= 4 is 23.1 Å². The van der Waals surface area contributed by atoms with Gasteiger partial charge in [-0.1, -0.05) is 6.08 Å². The van der Waals surface area contributed by atoms with E-state index in [4.69, 9.17) is 0 Å². The number of carbonyl (C=O) groups excluding carboxylic acids is 1. The summed E-state index contributed by atoms with van der Waals surface area (Å²) in [6.45, 7) is 0. The second-order valence-corrected chi connectivity index (χ2v) is 7.75. The first-order valence-corrected chi connectivity index (χ1v) is 9.40. The molecule has 1 N–H and O–H groups in total. The number of aryl methyl sites for hydroxylation is 1. The van der Waals surface area contributed by atoms with Gasteiger partial charge >= 0.3 is 0 Å². The summed E-state index contributed by atoms with van der Waals surface area (Å²) in [6, 6.07) is 1.69. The van der Waals surface area contributed by atoms with E-state index in [1.807, 2.05) is 25.4 Å². The number of rotatable bonds is 4.